The molecule has 1 aromatic heterocycles. The maximum absolute atomic E-state index is 13.8. The number of piperidine rings is 2. The molecule has 45 heavy (non-hydrogen) atoms. The van der Waals surface area contributed by atoms with E-state index in [1.807, 2.05) is 0 Å². The van der Waals surface area contributed by atoms with E-state index in [0.717, 1.165) is 25.1 Å². The van der Waals surface area contributed by atoms with Crippen LogP contribution >= 0.6 is 0 Å². The summed E-state index contributed by atoms with van der Waals surface area (Å²) in [5, 5.41) is 3.17. The Kier molecular flexibility index (Phi) is 9.82. The van der Waals surface area contributed by atoms with Crippen LogP contribution in [0.4, 0.5) is 4.39 Å². The number of likely N-dealkylation sites (tertiary alicyclic amines) is 2. The predicted molar refractivity (Wildman–Crippen MR) is 168 cm³/mol. The first-order valence-electron chi connectivity index (χ1n) is 15.4. The average molecular weight is 617 g/mol. The van der Waals surface area contributed by atoms with E-state index >= 15 is 0 Å². The van der Waals surface area contributed by atoms with E-state index in [1.165, 1.54) is 19.4 Å². The Balaban J connectivity index is 1.11. The van der Waals surface area contributed by atoms with Gasteiger partial charge in [-0.25, -0.2) is 4.39 Å². The summed E-state index contributed by atoms with van der Waals surface area (Å²) in [7, 11) is 3.05. The standard InChI is InChI=1S/C35H41FN4O5/c1-35(2)22-39(21-23-5-11-28(36)30(19-23)45-4)16-15-31(35)38-33(42)26-8-12-29(37-20-26)34(43)40-17-13-25(14-18-40)32(41)24-6-9-27(44-3)10-7-24/h5-12,19-20,25,31H,13-18,21-22H2,1-4H3,(H,38,42). The van der Waals surface area contributed by atoms with Crippen molar-refractivity contribution in [3.05, 3.63) is 89.0 Å². The minimum Gasteiger partial charge on any atom is -0.497 e. The van der Waals surface area contributed by atoms with Gasteiger partial charge in [-0.2, -0.15) is 0 Å². The highest BCUT2D eigenvalue weighted by Gasteiger charge is 2.37. The van der Waals surface area contributed by atoms with E-state index in [0.29, 0.717) is 49.4 Å². The summed E-state index contributed by atoms with van der Waals surface area (Å²) in [5.41, 5.74) is 2.08. The molecule has 2 aliphatic rings. The summed E-state index contributed by atoms with van der Waals surface area (Å²) in [6.07, 6.45) is 3.39. The molecule has 2 amide bonds. The maximum atomic E-state index is 13.8. The highest BCUT2D eigenvalue weighted by molar-refractivity contribution is 5.99. The Morgan fingerprint density at radius 1 is 0.933 bits per heavy atom. The molecule has 3 aromatic rings. The summed E-state index contributed by atoms with van der Waals surface area (Å²) in [4.78, 5) is 47.6. The number of hydrogen-bond acceptors (Lipinski definition) is 7. The zero-order valence-corrected chi connectivity index (χ0v) is 26.3. The molecule has 2 saturated heterocycles. The highest BCUT2D eigenvalue weighted by Crippen LogP contribution is 2.31. The molecule has 0 bridgehead atoms. The molecule has 1 atom stereocenters. The van der Waals surface area contributed by atoms with Crippen LogP contribution in [-0.4, -0.2) is 78.8 Å². The smallest absolute Gasteiger partial charge is 0.272 e. The lowest BCUT2D eigenvalue weighted by Gasteiger charge is -2.44. The van der Waals surface area contributed by atoms with Gasteiger partial charge >= 0.3 is 0 Å². The number of hydrogen-bond donors (Lipinski definition) is 1. The molecule has 10 heteroatoms. The third-order valence-electron chi connectivity index (χ3n) is 9.01. The first-order chi connectivity index (χ1) is 21.6. The van der Waals surface area contributed by atoms with Crippen LogP contribution in [0.2, 0.25) is 0 Å². The van der Waals surface area contributed by atoms with Crippen molar-refractivity contribution < 1.29 is 28.2 Å². The van der Waals surface area contributed by atoms with Crippen molar-refractivity contribution in [2.24, 2.45) is 11.3 Å². The number of carbonyl (C=O) groups is 3. The fraction of sp³-hybridized carbons (Fsp3) is 0.429. The first-order valence-corrected chi connectivity index (χ1v) is 15.4. The Hall–Kier alpha value is -4.31. The second kappa shape index (κ2) is 13.8. The van der Waals surface area contributed by atoms with Crippen LogP contribution < -0.4 is 14.8 Å². The molecule has 1 N–H and O–H groups in total. The van der Waals surface area contributed by atoms with Crippen LogP contribution in [-0.2, 0) is 6.54 Å². The number of carbonyl (C=O) groups excluding carboxylic acids is 3. The second-order valence-corrected chi connectivity index (χ2v) is 12.6. The van der Waals surface area contributed by atoms with E-state index in [9.17, 15) is 18.8 Å². The average Bonchev–Trinajstić information content (AvgIpc) is 3.06. The first kappa shape index (κ1) is 32.1. The largest absolute Gasteiger partial charge is 0.497 e. The monoisotopic (exact) mass is 616 g/mol. The van der Waals surface area contributed by atoms with Gasteiger partial charge in [0.1, 0.15) is 11.4 Å². The zero-order chi connectivity index (χ0) is 32.1. The summed E-state index contributed by atoms with van der Waals surface area (Å²) in [6, 6.07) is 15.2. The summed E-state index contributed by atoms with van der Waals surface area (Å²) in [5.74, 6) is 0.0726. The molecule has 0 radical (unpaired) electrons. The van der Waals surface area contributed by atoms with Crippen LogP contribution in [0.5, 0.6) is 11.5 Å². The number of ketones is 1. The predicted octanol–water partition coefficient (Wildman–Crippen LogP) is 5.00. The van der Waals surface area contributed by atoms with Crippen molar-refractivity contribution in [2.75, 3.05) is 40.4 Å². The minimum atomic E-state index is -0.381. The fourth-order valence-corrected chi connectivity index (χ4v) is 6.33. The van der Waals surface area contributed by atoms with E-state index in [1.54, 1.807) is 60.5 Å². The molecule has 0 saturated carbocycles. The molecule has 2 fully saturated rings. The van der Waals surface area contributed by atoms with Gasteiger partial charge in [0, 0.05) is 56.4 Å². The normalized spacial score (nSPS) is 18.7. The molecular formula is C35H41FN4O5. The molecule has 238 valence electrons. The van der Waals surface area contributed by atoms with Gasteiger partial charge in [-0.05, 0) is 78.8 Å². The van der Waals surface area contributed by atoms with Crippen LogP contribution in [0.25, 0.3) is 0 Å². The number of methoxy groups -OCH3 is 2. The van der Waals surface area contributed by atoms with Gasteiger partial charge < -0.3 is 19.7 Å². The maximum Gasteiger partial charge on any atom is 0.272 e. The number of nitrogens with one attached hydrogen (secondary N) is 1. The quantitative estimate of drug-likeness (QED) is 0.338. The summed E-state index contributed by atoms with van der Waals surface area (Å²) in [6.45, 7) is 7.40. The second-order valence-electron chi connectivity index (χ2n) is 12.6. The van der Waals surface area contributed by atoms with Gasteiger partial charge in [0.05, 0.1) is 19.8 Å². The highest BCUT2D eigenvalue weighted by atomic mass is 19.1. The lowest BCUT2D eigenvalue weighted by molar-refractivity contribution is 0.0614. The van der Waals surface area contributed by atoms with Crippen LogP contribution in [0.1, 0.15) is 69.9 Å². The van der Waals surface area contributed by atoms with Crippen LogP contribution in [0, 0.1) is 17.2 Å². The van der Waals surface area contributed by atoms with E-state index < -0.39 is 0 Å². The third-order valence-corrected chi connectivity index (χ3v) is 9.01. The molecule has 2 aromatic carbocycles. The van der Waals surface area contributed by atoms with Crippen LogP contribution in [0.3, 0.4) is 0 Å². The van der Waals surface area contributed by atoms with Crippen molar-refractivity contribution >= 4 is 17.6 Å². The van der Waals surface area contributed by atoms with Gasteiger partial charge in [0.15, 0.2) is 17.3 Å². The Morgan fingerprint density at radius 2 is 1.64 bits per heavy atom. The van der Waals surface area contributed by atoms with Gasteiger partial charge in [-0.3, -0.25) is 24.3 Å². The number of pyridine rings is 1. The lowest BCUT2D eigenvalue weighted by Crippen LogP contribution is -2.55. The Morgan fingerprint density at radius 3 is 2.27 bits per heavy atom. The number of amides is 2. The number of benzene rings is 2. The summed E-state index contributed by atoms with van der Waals surface area (Å²) < 4.78 is 24.1. The topological polar surface area (TPSA) is 101 Å². The number of nitrogens with zero attached hydrogens (tertiary/aromatic N) is 3. The van der Waals surface area contributed by atoms with E-state index in [-0.39, 0.29) is 52.2 Å². The Labute approximate surface area is 263 Å². The molecule has 0 spiro atoms. The van der Waals surface area contributed by atoms with Crippen molar-refractivity contribution in [3.8, 4) is 11.5 Å². The van der Waals surface area contributed by atoms with Crippen molar-refractivity contribution in [1.82, 2.24) is 20.1 Å². The van der Waals surface area contributed by atoms with Crippen LogP contribution in [0.15, 0.2) is 60.8 Å². The SMILES string of the molecule is COc1ccc(C(=O)C2CCN(C(=O)c3ccc(C(=O)NC4CCN(Cc5ccc(F)c(OC)c5)CC4(C)C)cn3)CC2)cc1. The number of aromatic nitrogens is 1. The van der Waals surface area contributed by atoms with Gasteiger partial charge in [-0.1, -0.05) is 19.9 Å². The lowest BCUT2D eigenvalue weighted by atomic mass is 9.79. The van der Waals surface area contributed by atoms with Gasteiger partial charge in [0.2, 0.25) is 0 Å². The molecule has 2 aliphatic heterocycles. The molecule has 9 nitrogen and oxygen atoms in total. The van der Waals surface area contributed by atoms with Crippen molar-refractivity contribution in [1.29, 1.82) is 0 Å². The number of Topliss-reactive ketones (excluding diaryl/α,β-unsaturated/α-hetero) is 1. The number of ether oxygens (including phenoxy) is 2. The van der Waals surface area contributed by atoms with E-state index in [4.69, 9.17) is 9.47 Å². The zero-order valence-electron chi connectivity index (χ0n) is 26.3. The fourth-order valence-electron chi connectivity index (χ4n) is 6.33. The number of halogens is 1. The van der Waals surface area contributed by atoms with E-state index in [2.05, 4.69) is 29.0 Å². The van der Waals surface area contributed by atoms with Crippen molar-refractivity contribution in [3.63, 3.8) is 0 Å². The molecular weight excluding hydrogens is 575 g/mol. The minimum absolute atomic E-state index is 0.0489. The van der Waals surface area contributed by atoms with Crippen molar-refractivity contribution in [2.45, 2.75) is 45.7 Å². The Bertz CT molecular complexity index is 1520. The van der Waals surface area contributed by atoms with Gasteiger partial charge in [0.25, 0.3) is 11.8 Å². The number of rotatable bonds is 9. The van der Waals surface area contributed by atoms with Gasteiger partial charge in [-0.15, -0.1) is 0 Å². The third kappa shape index (κ3) is 7.50. The summed E-state index contributed by atoms with van der Waals surface area (Å²) >= 11 is 0. The molecule has 1 unspecified atom stereocenters. The molecule has 3 heterocycles. The molecule has 0 aliphatic carbocycles. The molecule has 5 rings (SSSR count).